The number of hydrogen-bond acceptors (Lipinski definition) is 5. The number of nitrogens with one attached hydrogen (secondary N) is 1. The van der Waals surface area contributed by atoms with Gasteiger partial charge in [0.25, 0.3) is 0 Å². The highest BCUT2D eigenvalue weighted by molar-refractivity contribution is 5.68. The molecule has 4 aromatic heterocycles. The van der Waals surface area contributed by atoms with E-state index in [1.165, 1.54) is 0 Å². The van der Waals surface area contributed by atoms with Crippen molar-refractivity contribution in [3.8, 4) is 28.2 Å². The van der Waals surface area contributed by atoms with Crippen molar-refractivity contribution in [2.45, 2.75) is 0 Å². The molecule has 0 aliphatic rings. The first-order valence-corrected chi connectivity index (χ1v) is 7.28. The van der Waals surface area contributed by atoms with Gasteiger partial charge in [-0.05, 0) is 35.9 Å². The molecule has 0 bridgehead atoms. The third kappa shape index (κ3) is 2.38. The average Bonchev–Trinajstić information content (AvgIpc) is 3.13. The molecule has 0 aliphatic heterocycles. The van der Waals surface area contributed by atoms with Gasteiger partial charge in [0, 0.05) is 36.5 Å². The molecule has 4 aromatic rings. The maximum absolute atomic E-state index is 12.9. The Morgan fingerprint density at radius 1 is 0.875 bits per heavy atom. The van der Waals surface area contributed by atoms with Crippen molar-refractivity contribution < 1.29 is 0 Å². The molecule has 4 rings (SSSR count). The van der Waals surface area contributed by atoms with Gasteiger partial charge in [-0.3, -0.25) is 19.9 Å². The van der Waals surface area contributed by atoms with E-state index in [4.69, 9.17) is 0 Å². The van der Waals surface area contributed by atoms with Crippen molar-refractivity contribution in [1.82, 2.24) is 29.9 Å². The molecule has 0 aromatic carbocycles. The van der Waals surface area contributed by atoms with Crippen LogP contribution in [-0.2, 0) is 0 Å². The van der Waals surface area contributed by atoms with Crippen LogP contribution >= 0.6 is 0 Å². The summed E-state index contributed by atoms with van der Waals surface area (Å²) in [5.74, 6) is 0. The van der Waals surface area contributed by atoms with Gasteiger partial charge in [-0.1, -0.05) is 0 Å². The second kappa shape index (κ2) is 5.88. The molecule has 1 N–H and O–H groups in total. The summed E-state index contributed by atoms with van der Waals surface area (Å²) in [5.41, 5.74) is 2.86. The summed E-state index contributed by atoms with van der Waals surface area (Å²) in [5, 5.41) is 11.3. The Balaban J connectivity index is 1.88. The Hall–Kier alpha value is -3.61. The molecule has 24 heavy (non-hydrogen) atoms. The highest BCUT2D eigenvalue weighted by atomic mass is 16.1. The Morgan fingerprint density at radius 2 is 1.58 bits per heavy atom. The van der Waals surface area contributed by atoms with E-state index in [9.17, 15) is 4.79 Å². The lowest BCUT2D eigenvalue weighted by Crippen LogP contribution is -2.14. The van der Waals surface area contributed by atoms with Crippen molar-refractivity contribution in [3.05, 3.63) is 77.7 Å². The second-order valence-corrected chi connectivity index (χ2v) is 5.05. The maximum Gasteiger partial charge on any atom is 0.217 e. The zero-order valence-corrected chi connectivity index (χ0v) is 12.5. The van der Waals surface area contributed by atoms with E-state index in [2.05, 4.69) is 25.3 Å². The number of aromatic nitrogens is 6. The molecule has 4 heterocycles. The van der Waals surface area contributed by atoms with Crippen LogP contribution < -0.4 is 5.43 Å². The molecule has 0 atom stereocenters. The van der Waals surface area contributed by atoms with Gasteiger partial charge < -0.3 is 0 Å². The molecule has 0 fully saturated rings. The molecule has 0 spiro atoms. The lowest BCUT2D eigenvalue weighted by molar-refractivity contribution is 0.873. The Morgan fingerprint density at radius 3 is 2.33 bits per heavy atom. The molecule has 0 radical (unpaired) electrons. The lowest BCUT2D eigenvalue weighted by Gasteiger charge is -2.07. The molecule has 0 aliphatic carbocycles. The lowest BCUT2D eigenvalue weighted by atomic mass is 10.1. The van der Waals surface area contributed by atoms with E-state index in [1.54, 1.807) is 60.1 Å². The summed E-state index contributed by atoms with van der Waals surface area (Å²) in [6, 6.07) is 8.96. The minimum absolute atomic E-state index is 0.171. The molecule has 0 amide bonds. The third-order valence-electron chi connectivity index (χ3n) is 3.63. The third-order valence-corrected chi connectivity index (χ3v) is 3.63. The Labute approximate surface area is 136 Å². The fourth-order valence-corrected chi connectivity index (χ4v) is 2.50. The molecule has 7 nitrogen and oxygen atoms in total. The average molecular weight is 316 g/mol. The van der Waals surface area contributed by atoms with Gasteiger partial charge in [-0.2, -0.15) is 10.2 Å². The van der Waals surface area contributed by atoms with Crippen molar-refractivity contribution in [3.63, 3.8) is 0 Å². The molecular weight excluding hydrogens is 304 g/mol. The first-order valence-electron chi connectivity index (χ1n) is 7.28. The number of nitrogens with zero attached hydrogens (tertiary/aromatic N) is 5. The molecule has 116 valence electrons. The summed E-state index contributed by atoms with van der Waals surface area (Å²) < 4.78 is 1.66. The predicted octanol–water partition coefficient (Wildman–Crippen LogP) is 2.08. The maximum atomic E-state index is 12.9. The molecule has 7 heteroatoms. The smallest absolute Gasteiger partial charge is 0.217 e. The van der Waals surface area contributed by atoms with Crippen LogP contribution in [0.3, 0.4) is 0 Å². The van der Waals surface area contributed by atoms with Crippen LogP contribution in [0.25, 0.3) is 28.2 Å². The predicted molar refractivity (Wildman–Crippen MR) is 88.4 cm³/mol. The fraction of sp³-hybridized carbons (Fsp3) is 0. The number of pyridine rings is 2. The minimum atomic E-state index is -0.171. The summed E-state index contributed by atoms with van der Waals surface area (Å²) in [7, 11) is 0. The van der Waals surface area contributed by atoms with E-state index >= 15 is 0 Å². The highest BCUT2D eigenvalue weighted by Crippen LogP contribution is 2.20. The standard InChI is InChI=1S/C17H12N6O/c24-17-14(12-1-6-18-7-2-12)11-20-22-16(17)15-5-10-21-23(15)13-3-8-19-9-4-13/h1-11H,(H,20,24). The van der Waals surface area contributed by atoms with Gasteiger partial charge in [0.2, 0.25) is 5.43 Å². The number of hydrogen-bond donors (Lipinski definition) is 1. The zero-order chi connectivity index (χ0) is 16.4. The van der Waals surface area contributed by atoms with Gasteiger partial charge >= 0.3 is 0 Å². The quantitative estimate of drug-likeness (QED) is 0.625. The minimum Gasteiger partial charge on any atom is -0.287 e. The van der Waals surface area contributed by atoms with Crippen LogP contribution in [0, 0.1) is 0 Å². The number of rotatable bonds is 3. The van der Waals surface area contributed by atoms with Gasteiger partial charge in [-0.25, -0.2) is 4.68 Å². The van der Waals surface area contributed by atoms with Crippen molar-refractivity contribution in [1.29, 1.82) is 0 Å². The van der Waals surface area contributed by atoms with Crippen LogP contribution in [0.4, 0.5) is 0 Å². The van der Waals surface area contributed by atoms with E-state index in [0.717, 1.165) is 11.3 Å². The first-order chi connectivity index (χ1) is 11.8. The molecule has 0 saturated carbocycles. The number of H-pyrrole nitrogens is 1. The SMILES string of the molecule is O=c1c(-c2ccncc2)c[nH]nc1-c1ccnn1-c1ccncc1. The van der Waals surface area contributed by atoms with Gasteiger partial charge in [0.1, 0.15) is 0 Å². The van der Waals surface area contributed by atoms with Crippen LogP contribution in [0.15, 0.2) is 72.3 Å². The molecule has 0 saturated heterocycles. The van der Waals surface area contributed by atoms with Crippen molar-refractivity contribution in [2.24, 2.45) is 0 Å². The van der Waals surface area contributed by atoms with Crippen LogP contribution in [0.5, 0.6) is 0 Å². The van der Waals surface area contributed by atoms with E-state index in [-0.39, 0.29) is 5.43 Å². The summed E-state index contributed by atoms with van der Waals surface area (Å²) in [6.07, 6.45) is 9.87. The van der Waals surface area contributed by atoms with E-state index < -0.39 is 0 Å². The second-order valence-electron chi connectivity index (χ2n) is 5.05. The first kappa shape index (κ1) is 14.0. The molecular formula is C17H12N6O. The van der Waals surface area contributed by atoms with Crippen LogP contribution in [0.2, 0.25) is 0 Å². The Bertz CT molecular complexity index is 1020. The number of aromatic amines is 1. The largest absolute Gasteiger partial charge is 0.287 e. The van der Waals surface area contributed by atoms with E-state index in [0.29, 0.717) is 17.0 Å². The summed E-state index contributed by atoms with van der Waals surface area (Å²) in [4.78, 5) is 20.9. The summed E-state index contributed by atoms with van der Waals surface area (Å²) >= 11 is 0. The van der Waals surface area contributed by atoms with Crippen LogP contribution in [0.1, 0.15) is 0 Å². The topological polar surface area (TPSA) is 89.4 Å². The monoisotopic (exact) mass is 316 g/mol. The van der Waals surface area contributed by atoms with Gasteiger partial charge in [-0.15, -0.1) is 0 Å². The van der Waals surface area contributed by atoms with Crippen LogP contribution in [-0.4, -0.2) is 29.9 Å². The van der Waals surface area contributed by atoms with Gasteiger partial charge in [0.05, 0.1) is 17.6 Å². The van der Waals surface area contributed by atoms with Crippen molar-refractivity contribution in [2.75, 3.05) is 0 Å². The highest BCUT2D eigenvalue weighted by Gasteiger charge is 2.15. The fourth-order valence-electron chi connectivity index (χ4n) is 2.50. The van der Waals surface area contributed by atoms with E-state index in [1.807, 2.05) is 12.1 Å². The van der Waals surface area contributed by atoms with Gasteiger partial charge in [0.15, 0.2) is 5.69 Å². The Kier molecular flexibility index (Phi) is 3.43. The molecule has 0 unspecified atom stereocenters. The zero-order valence-electron chi connectivity index (χ0n) is 12.5. The summed E-state index contributed by atoms with van der Waals surface area (Å²) in [6.45, 7) is 0. The van der Waals surface area contributed by atoms with Crippen molar-refractivity contribution >= 4 is 0 Å². The normalized spacial score (nSPS) is 10.7.